The Kier molecular flexibility index (Phi) is 4.90. The van der Waals surface area contributed by atoms with Gasteiger partial charge in [-0.05, 0) is 12.1 Å². The number of alkyl halides is 3. The zero-order chi connectivity index (χ0) is 13.6. The lowest BCUT2D eigenvalue weighted by Crippen LogP contribution is -2.20. The molecular weight excluding hydrogens is 253 g/mol. The van der Waals surface area contributed by atoms with E-state index in [1.807, 2.05) is 0 Å². The van der Waals surface area contributed by atoms with Crippen LogP contribution in [-0.2, 0) is 4.74 Å². The summed E-state index contributed by atoms with van der Waals surface area (Å²) in [5.74, 6) is -0.905. The van der Waals surface area contributed by atoms with Gasteiger partial charge in [0.05, 0.1) is 6.61 Å². The lowest BCUT2D eigenvalue weighted by atomic mass is 10.3. The molecule has 8 heteroatoms. The second-order valence-corrected chi connectivity index (χ2v) is 3.31. The van der Waals surface area contributed by atoms with E-state index in [-0.39, 0.29) is 24.7 Å². The maximum atomic E-state index is 11.7. The van der Waals surface area contributed by atoms with E-state index in [1.54, 1.807) is 0 Å². The van der Waals surface area contributed by atoms with Crippen LogP contribution in [0.4, 0.5) is 19.0 Å². The van der Waals surface area contributed by atoms with Gasteiger partial charge in [0, 0.05) is 6.54 Å². The third kappa shape index (κ3) is 5.48. The third-order valence-electron chi connectivity index (χ3n) is 1.79. The second-order valence-electron chi connectivity index (χ2n) is 3.31. The average Bonchev–Trinajstić information content (AvgIpc) is 2.27. The van der Waals surface area contributed by atoms with Gasteiger partial charge in [-0.2, -0.15) is 13.2 Å². The molecule has 0 aliphatic carbocycles. The molecule has 0 fully saturated rings. The third-order valence-corrected chi connectivity index (χ3v) is 1.79. The van der Waals surface area contributed by atoms with E-state index in [2.05, 4.69) is 15.0 Å². The lowest BCUT2D eigenvalue weighted by Gasteiger charge is -2.09. The van der Waals surface area contributed by atoms with Gasteiger partial charge in [0.15, 0.2) is 5.69 Å². The van der Waals surface area contributed by atoms with Crippen LogP contribution in [-0.4, -0.2) is 42.0 Å². The molecule has 18 heavy (non-hydrogen) atoms. The molecule has 0 saturated heterocycles. The van der Waals surface area contributed by atoms with Crippen molar-refractivity contribution >= 4 is 11.8 Å². The number of rotatable bonds is 6. The van der Waals surface area contributed by atoms with Crippen molar-refractivity contribution in [3.8, 4) is 0 Å². The van der Waals surface area contributed by atoms with Crippen LogP contribution in [0.15, 0.2) is 18.2 Å². The summed E-state index contributed by atoms with van der Waals surface area (Å²) in [6.45, 7) is -1.36. The average molecular weight is 264 g/mol. The van der Waals surface area contributed by atoms with Crippen LogP contribution >= 0.6 is 0 Å². The number of anilines is 1. The predicted octanol–water partition coefficient (Wildman–Crippen LogP) is 1.77. The first-order valence-corrected chi connectivity index (χ1v) is 4.97. The van der Waals surface area contributed by atoms with Gasteiger partial charge >= 0.3 is 12.1 Å². The number of carboxylic acid groups (broad SMARTS) is 1. The molecule has 0 aliphatic rings. The van der Waals surface area contributed by atoms with Crippen molar-refractivity contribution in [1.82, 2.24) is 4.98 Å². The van der Waals surface area contributed by atoms with Gasteiger partial charge in [0.2, 0.25) is 0 Å². The van der Waals surface area contributed by atoms with Crippen LogP contribution in [0.3, 0.4) is 0 Å². The number of hydrogen-bond acceptors (Lipinski definition) is 4. The van der Waals surface area contributed by atoms with Gasteiger partial charge in [-0.1, -0.05) is 6.07 Å². The molecule has 2 N–H and O–H groups in total. The molecule has 0 bridgehead atoms. The molecule has 0 aliphatic heterocycles. The number of halogens is 3. The van der Waals surface area contributed by atoms with Crippen LogP contribution in [0.25, 0.3) is 0 Å². The fourth-order valence-electron chi connectivity index (χ4n) is 1.09. The highest BCUT2D eigenvalue weighted by molar-refractivity contribution is 5.85. The van der Waals surface area contributed by atoms with Gasteiger partial charge in [0.25, 0.3) is 0 Å². The smallest absolute Gasteiger partial charge is 0.411 e. The molecule has 100 valence electrons. The molecule has 0 atom stereocenters. The van der Waals surface area contributed by atoms with Crippen molar-refractivity contribution < 1.29 is 27.8 Å². The van der Waals surface area contributed by atoms with Gasteiger partial charge in [0.1, 0.15) is 12.4 Å². The Hall–Kier alpha value is -1.83. The highest BCUT2D eigenvalue weighted by atomic mass is 19.4. The normalized spacial score (nSPS) is 11.3. The Bertz CT molecular complexity index is 410. The summed E-state index contributed by atoms with van der Waals surface area (Å²) in [6.07, 6.45) is -4.35. The zero-order valence-corrected chi connectivity index (χ0v) is 9.20. The maximum Gasteiger partial charge on any atom is 0.411 e. The van der Waals surface area contributed by atoms with Crippen LogP contribution in [0.5, 0.6) is 0 Å². The lowest BCUT2D eigenvalue weighted by molar-refractivity contribution is -0.172. The predicted molar refractivity (Wildman–Crippen MR) is 56.6 cm³/mol. The molecule has 0 unspecified atom stereocenters. The fourth-order valence-corrected chi connectivity index (χ4v) is 1.09. The Morgan fingerprint density at radius 3 is 2.78 bits per heavy atom. The number of nitrogens with one attached hydrogen (secondary N) is 1. The van der Waals surface area contributed by atoms with E-state index >= 15 is 0 Å². The molecule has 0 amide bonds. The van der Waals surface area contributed by atoms with Crippen LogP contribution in [0.2, 0.25) is 0 Å². The van der Waals surface area contributed by atoms with E-state index in [4.69, 9.17) is 5.11 Å². The first kappa shape index (κ1) is 14.2. The fraction of sp³-hybridized carbons (Fsp3) is 0.400. The standard InChI is InChI=1S/C10H11F3N2O3/c11-10(12,13)6-18-5-4-14-8-3-1-2-7(15-8)9(16)17/h1-3H,4-6H2,(H,14,15)(H,16,17). The number of aromatic carboxylic acids is 1. The Morgan fingerprint density at radius 2 is 2.17 bits per heavy atom. The summed E-state index contributed by atoms with van der Waals surface area (Å²) in [7, 11) is 0. The summed E-state index contributed by atoms with van der Waals surface area (Å²) in [4.78, 5) is 14.3. The van der Waals surface area contributed by atoms with Gasteiger partial charge < -0.3 is 15.2 Å². The van der Waals surface area contributed by atoms with Crippen molar-refractivity contribution in [2.45, 2.75) is 6.18 Å². The zero-order valence-electron chi connectivity index (χ0n) is 9.20. The molecule has 1 heterocycles. The quantitative estimate of drug-likeness (QED) is 0.766. The number of pyridine rings is 1. The molecule has 0 saturated carbocycles. The van der Waals surface area contributed by atoms with E-state index in [1.165, 1.54) is 18.2 Å². The van der Waals surface area contributed by atoms with E-state index < -0.39 is 18.8 Å². The topological polar surface area (TPSA) is 71.5 Å². The van der Waals surface area contributed by atoms with Gasteiger partial charge in [-0.25, -0.2) is 9.78 Å². The number of carbonyl (C=O) groups is 1. The van der Waals surface area contributed by atoms with Crippen molar-refractivity contribution in [1.29, 1.82) is 0 Å². The highest BCUT2D eigenvalue weighted by Gasteiger charge is 2.27. The van der Waals surface area contributed by atoms with Crippen LogP contribution < -0.4 is 5.32 Å². The van der Waals surface area contributed by atoms with Gasteiger partial charge in [-0.3, -0.25) is 0 Å². The molecule has 1 aromatic heterocycles. The minimum atomic E-state index is -4.35. The molecule has 1 aromatic rings. The minimum absolute atomic E-state index is 0.103. The van der Waals surface area contributed by atoms with Gasteiger partial charge in [-0.15, -0.1) is 0 Å². The summed E-state index contributed by atoms with van der Waals surface area (Å²) in [6, 6.07) is 4.30. The van der Waals surface area contributed by atoms with E-state index in [0.717, 1.165) is 0 Å². The first-order chi connectivity index (χ1) is 8.38. The molecule has 5 nitrogen and oxygen atoms in total. The first-order valence-electron chi connectivity index (χ1n) is 4.97. The molecular formula is C10H11F3N2O3. The van der Waals surface area contributed by atoms with Crippen molar-refractivity contribution in [2.75, 3.05) is 25.1 Å². The monoisotopic (exact) mass is 264 g/mol. The van der Waals surface area contributed by atoms with Crippen LogP contribution in [0.1, 0.15) is 10.5 Å². The van der Waals surface area contributed by atoms with E-state index in [0.29, 0.717) is 0 Å². The van der Waals surface area contributed by atoms with Crippen molar-refractivity contribution in [3.05, 3.63) is 23.9 Å². The Labute approximate surface area is 101 Å². The summed E-state index contributed by atoms with van der Waals surface area (Å²) in [5, 5.41) is 11.3. The summed E-state index contributed by atoms with van der Waals surface area (Å²) >= 11 is 0. The number of ether oxygens (including phenoxy) is 1. The molecule has 0 aromatic carbocycles. The minimum Gasteiger partial charge on any atom is -0.477 e. The second kappa shape index (κ2) is 6.20. The summed E-state index contributed by atoms with van der Waals surface area (Å²) in [5.41, 5.74) is -0.142. The van der Waals surface area contributed by atoms with Crippen molar-refractivity contribution in [3.63, 3.8) is 0 Å². The van der Waals surface area contributed by atoms with Crippen molar-refractivity contribution in [2.24, 2.45) is 0 Å². The molecule has 0 radical (unpaired) electrons. The Morgan fingerprint density at radius 1 is 1.44 bits per heavy atom. The summed E-state index contributed by atoms with van der Waals surface area (Å²) < 4.78 is 39.5. The SMILES string of the molecule is O=C(O)c1cccc(NCCOCC(F)(F)F)n1. The molecule has 1 rings (SSSR count). The maximum absolute atomic E-state index is 11.7. The van der Waals surface area contributed by atoms with E-state index in [9.17, 15) is 18.0 Å². The molecule has 0 spiro atoms. The number of nitrogens with zero attached hydrogens (tertiary/aromatic N) is 1. The number of carboxylic acids is 1. The number of hydrogen-bond donors (Lipinski definition) is 2. The van der Waals surface area contributed by atoms with Crippen LogP contribution in [0, 0.1) is 0 Å². The largest absolute Gasteiger partial charge is 0.477 e. The highest BCUT2D eigenvalue weighted by Crippen LogP contribution is 2.14. The number of aromatic nitrogens is 1. The Balaban J connectivity index is 2.31.